The largest absolute Gasteiger partial charge is 0.493 e. The first kappa shape index (κ1) is 13.8. The Morgan fingerprint density at radius 3 is 2.43 bits per heavy atom. The number of nitrogens with one attached hydrogen (secondary N) is 1. The monoisotopic (exact) mass is 283 g/mol. The van der Waals surface area contributed by atoms with Gasteiger partial charge in [-0.2, -0.15) is 0 Å². The van der Waals surface area contributed by atoms with E-state index >= 15 is 0 Å². The summed E-state index contributed by atoms with van der Waals surface area (Å²) in [7, 11) is 3.32. The van der Waals surface area contributed by atoms with Gasteiger partial charge in [0.15, 0.2) is 11.5 Å². The molecule has 1 unspecified atom stereocenters. The summed E-state index contributed by atoms with van der Waals surface area (Å²) in [5, 5.41) is 3.53. The van der Waals surface area contributed by atoms with Crippen molar-refractivity contribution in [1.82, 2.24) is 0 Å². The van der Waals surface area contributed by atoms with Crippen LogP contribution in [0.5, 0.6) is 11.5 Å². The Kier molecular flexibility index (Phi) is 3.74. The van der Waals surface area contributed by atoms with E-state index in [1.54, 1.807) is 14.2 Å². The topological polar surface area (TPSA) is 30.5 Å². The Bertz CT molecular complexity index is 652. The molecule has 0 saturated carbocycles. The van der Waals surface area contributed by atoms with Crippen LogP contribution in [-0.2, 0) is 6.42 Å². The van der Waals surface area contributed by atoms with Crippen LogP contribution < -0.4 is 14.8 Å². The molecular formula is C18H21NO2. The van der Waals surface area contributed by atoms with Gasteiger partial charge in [0.1, 0.15) is 0 Å². The van der Waals surface area contributed by atoms with Crippen molar-refractivity contribution in [2.45, 2.75) is 25.8 Å². The summed E-state index contributed by atoms with van der Waals surface area (Å²) in [6.07, 6.45) is 2.31. The number of anilines is 1. The lowest BCUT2D eigenvalue weighted by Gasteiger charge is -2.24. The van der Waals surface area contributed by atoms with Crippen molar-refractivity contribution in [2.24, 2.45) is 0 Å². The van der Waals surface area contributed by atoms with E-state index in [-0.39, 0.29) is 0 Å². The predicted octanol–water partition coefficient (Wildman–Crippen LogP) is 4.12. The molecule has 0 radical (unpaired) electrons. The summed E-state index contributed by atoms with van der Waals surface area (Å²) < 4.78 is 10.7. The highest BCUT2D eigenvalue weighted by molar-refractivity contribution is 5.71. The molecule has 3 rings (SSSR count). The van der Waals surface area contributed by atoms with E-state index in [0.29, 0.717) is 6.04 Å². The van der Waals surface area contributed by atoms with Crippen LogP contribution >= 0.6 is 0 Å². The standard InChI is InChI=1S/C18H21NO2/c1-12-4-5-15-10-13(6-8-16(15)19-12)14-7-9-17(20-2)18(11-14)21-3/h6-12,19H,4-5H2,1-3H3. The minimum atomic E-state index is 0.560. The molecule has 0 bridgehead atoms. The second-order valence-corrected chi connectivity index (χ2v) is 5.53. The normalized spacial score (nSPS) is 16.8. The molecule has 1 N–H and O–H groups in total. The smallest absolute Gasteiger partial charge is 0.161 e. The fourth-order valence-corrected chi connectivity index (χ4v) is 2.85. The second kappa shape index (κ2) is 5.68. The molecule has 0 fully saturated rings. The van der Waals surface area contributed by atoms with Crippen LogP contribution in [0.25, 0.3) is 11.1 Å². The maximum Gasteiger partial charge on any atom is 0.161 e. The van der Waals surface area contributed by atoms with Crippen LogP contribution in [0.3, 0.4) is 0 Å². The molecule has 0 amide bonds. The zero-order valence-electron chi connectivity index (χ0n) is 12.8. The molecule has 21 heavy (non-hydrogen) atoms. The Balaban J connectivity index is 1.97. The minimum absolute atomic E-state index is 0.560. The third kappa shape index (κ3) is 2.68. The van der Waals surface area contributed by atoms with Gasteiger partial charge >= 0.3 is 0 Å². The molecule has 0 aliphatic carbocycles. The van der Waals surface area contributed by atoms with E-state index in [9.17, 15) is 0 Å². The van der Waals surface area contributed by atoms with Gasteiger partial charge in [0.2, 0.25) is 0 Å². The van der Waals surface area contributed by atoms with Crippen LogP contribution in [0.1, 0.15) is 18.9 Å². The summed E-state index contributed by atoms with van der Waals surface area (Å²) >= 11 is 0. The molecule has 110 valence electrons. The first-order valence-electron chi connectivity index (χ1n) is 7.33. The molecule has 0 aromatic heterocycles. The predicted molar refractivity (Wildman–Crippen MR) is 86.4 cm³/mol. The van der Waals surface area contributed by atoms with E-state index in [1.165, 1.54) is 23.2 Å². The van der Waals surface area contributed by atoms with Crippen molar-refractivity contribution >= 4 is 5.69 Å². The summed E-state index contributed by atoms with van der Waals surface area (Å²) in [6, 6.07) is 13.2. The zero-order chi connectivity index (χ0) is 14.8. The van der Waals surface area contributed by atoms with Gasteiger partial charge < -0.3 is 14.8 Å². The summed E-state index contributed by atoms with van der Waals surface area (Å²) in [6.45, 7) is 2.23. The maximum absolute atomic E-state index is 5.39. The van der Waals surface area contributed by atoms with Crippen molar-refractivity contribution in [2.75, 3.05) is 19.5 Å². The first-order chi connectivity index (χ1) is 10.2. The van der Waals surface area contributed by atoms with E-state index < -0.39 is 0 Å². The number of aryl methyl sites for hydroxylation is 1. The van der Waals surface area contributed by atoms with Crippen LogP contribution in [0.4, 0.5) is 5.69 Å². The third-order valence-electron chi connectivity index (χ3n) is 4.07. The summed E-state index contributed by atoms with van der Waals surface area (Å²) in [5.41, 5.74) is 5.01. The van der Waals surface area contributed by atoms with Gasteiger partial charge in [-0.1, -0.05) is 12.1 Å². The van der Waals surface area contributed by atoms with E-state index in [0.717, 1.165) is 23.5 Å². The molecular weight excluding hydrogens is 262 g/mol. The summed E-state index contributed by atoms with van der Waals surface area (Å²) in [4.78, 5) is 0. The number of ether oxygens (including phenoxy) is 2. The van der Waals surface area contributed by atoms with Crippen LogP contribution in [-0.4, -0.2) is 20.3 Å². The summed E-state index contributed by atoms with van der Waals surface area (Å²) in [5.74, 6) is 1.52. The van der Waals surface area contributed by atoms with Gasteiger partial charge in [-0.05, 0) is 60.7 Å². The van der Waals surface area contributed by atoms with Gasteiger partial charge in [-0.25, -0.2) is 0 Å². The molecule has 1 atom stereocenters. The van der Waals surface area contributed by atoms with Crippen molar-refractivity contribution in [3.8, 4) is 22.6 Å². The lowest BCUT2D eigenvalue weighted by atomic mass is 9.94. The van der Waals surface area contributed by atoms with Crippen molar-refractivity contribution in [1.29, 1.82) is 0 Å². The van der Waals surface area contributed by atoms with E-state index in [2.05, 4.69) is 36.5 Å². The van der Waals surface area contributed by atoms with Gasteiger partial charge in [0, 0.05) is 11.7 Å². The van der Waals surface area contributed by atoms with Crippen molar-refractivity contribution < 1.29 is 9.47 Å². The van der Waals surface area contributed by atoms with Gasteiger partial charge in [0.05, 0.1) is 14.2 Å². The number of hydrogen-bond donors (Lipinski definition) is 1. The lowest BCUT2D eigenvalue weighted by molar-refractivity contribution is 0.355. The highest BCUT2D eigenvalue weighted by Crippen LogP contribution is 2.34. The molecule has 2 aromatic carbocycles. The lowest BCUT2D eigenvalue weighted by Crippen LogP contribution is -2.21. The number of fused-ring (bicyclic) bond motifs is 1. The van der Waals surface area contributed by atoms with E-state index in [1.807, 2.05) is 12.1 Å². The van der Waals surface area contributed by atoms with Gasteiger partial charge in [0.25, 0.3) is 0 Å². The van der Waals surface area contributed by atoms with Gasteiger partial charge in [-0.3, -0.25) is 0 Å². The zero-order valence-corrected chi connectivity index (χ0v) is 12.8. The molecule has 0 saturated heterocycles. The molecule has 3 nitrogen and oxygen atoms in total. The highest BCUT2D eigenvalue weighted by Gasteiger charge is 2.15. The SMILES string of the molecule is COc1ccc(-c2ccc3c(c2)CCC(C)N3)cc1OC. The maximum atomic E-state index is 5.39. The van der Waals surface area contributed by atoms with Crippen LogP contribution in [0.2, 0.25) is 0 Å². The molecule has 0 spiro atoms. The van der Waals surface area contributed by atoms with Crippen molar-refractivity contribution in [3.63, 3.8) is 0 Å². The van der Waals surface area contributed by atoms with E-state index in [4.69, 9.17) is 9.47 Å². The Morgan fingerprint density at radius 2 is 1.67 bits per heavy atom. The average Bonchev–Trinajstić information content (AvgIpc) is 2.53. The molecule has 1 aliphatic rings. The quantitative estimate of drug-likeness (QED) is 0.919. The Labute approximate surface area is 125 Å². The highest BCUT2D eigenvalue weighted by atomic mass is 16.5. The number of rotatable bonds is 3. The van der Waals surface area contributed by atoms with Gasteiger partial charge in [-0.15, -0.1) is 0 Å². The second-order valence-electron chi connectivity index (χ2n) is 5.53. The van der Waals surface area contributed by atoms with Crippen molar-refractivity contribution in [3.05, 3.63) is 42.0 Å². The first-order valence-corrected chi connectivity index (χ1v) is 7.33. The number of hydrogen-bond acceptors (Lipinski definition) is 3. The average molecular weight is 283 g/mol. The molecule has 1 heterocycles. The fraction of sp³-hybridized carbons (Fsp3) is 0.333. The number of methoxy groups -OCH3 is 2. The molecule has 2 aromatic rings. The Morgan fingerprint density at radius 1 is 0.952 bits per heavy atom. The Hall–Kier alpha value is -2.16. The van der Waals surface area contributed by atoms with Crippen LogP contribution in [0, 0.1) is 0 Å². The minimum Gasteiger partial charge on any atom is -0.493 e. The third-order valence-corrected chi connectivity index (χ3v) is 4.07. The fourth-order valence-electron chi connectivity index (χ4n) is 2.85. The molecule has 3 heteroatoms. The molecule has 1 aliphatic heterocycles. The van der Waals surface area contributed by atoms with Crippen LogP contribution in [0.15, 0.2) is 36.4 Å². The number of benzene rings is 2.